The lowest BCUT2D eigenvalue weighted by molar-refractivity contribution is 0.214. The molecule has 0 fully saturated rings. The molecule has 0 amide bonds. The van der Waals surface area contributed by atoms with Gasteiger partial charge in [-0.1, -0.05) is 6.07 Å². The molecule has 2 N–H and O–H groups in total. The summed E-state index contributed by atoms with van der Waals surface area (Å²) in [5, 5.41) is 10.2. The summed E-state index contributed by atoms with van der Waals surface area (Å²) in [6.45, 7) is 5.74. The minimum absolute atomic E-state index is 0.332. The summed E-state index contributed by atoms with van der Waals surface area (Å²) in [6, 6.07) is 3.42. The van der Waals surface area contributed by atoms with Crippen LogP contribution in [0.5, 0.6) is 0 Å². The van der Waals surface area contributed by atoms with Crippen LogP contribution in [0, 0.1) is 32.4 Å². The SMILES string of the molecule is Cc1[nH]c(C(O)c2ccc(F)c(F)c2)c(C)c1C. The number of hydrogen-bond donors (Lipinski definition) is 2. The number of nitrogens with one attached hydrogen (secondary N) is 1. The quantitative estimate of drug-likeness (QED) is 0.844. The van der Waals surface area contributed by atoms with Gasteiger partial charge in [0, 0.05) is 5.69 Å². The molecule has 0 saturated carbocycles. The van der Waals surface area contributed by atoms with E-state index in [2.05, 4.69) is 4.98 Å². The van der Waals surface area contributed by atoms with Crippen molar-refractivity contribution in [2.75, 3.05) is 0 Å². The Labute approximate surface area is 104 Å². The van der Waals surface area contributed by atoms with Crippen LogP contribution in [0.15, 0.2) is 18.2 Å². The van der Waals surface area contributed by atoms with Crippen molar-refractivity contribution < 1.29 is 13.9 Å². The van der Waals surface area contributed by atoms with E-state index in [0.717, 1.165) is 29.0 Å². The molecule has 1 aromatic heterocycles. The molecule has 0 aliphatic heterocycles. The second-order valence-corrected chi connectivity index (χ2v) is 4.49. The number of rotatable bonds is 2. The smallest absolute Gasteiger partial charge is 0.159 e. The standard InChI is InChI=1S/C14H15F2NO/c1-7-8(2)13(17-9(7)3)14(18)10-4-5-11(15)12(16)6-10/h4-6,14,17-18H,1-3H3. The molecule has 2 nitrogen and oxygen atoms in total. The molecular weight excluding hydrogens is 236 g/mol. The topological polar surface area (TPSA) is 36.0 Å². The molecular formula is C14H15F2NO. The predicted molar refractivity (Wildman–Crippen MR) is 65.4 cm³/mol. The number of H-pyrrole nitrogens is 1. The van der Waals surface area contributed by atoms with Crippen molar-refractivity contribution in [3.63, 3.8) is 0 Å². The van der Waals surface area contributed by atoms with Crippen LogP contribution in [0.3, 0.4) is 0 Å². The molecule has 96 valence electrons. The van der Waals surface area contributed by atoms with Gasteiger partial charge < -0.3 is 10.1 Å². The van der Waals surface area contributed by atoms with Crippen LogP contribution in [0.25, 0.3) is 0 Å². The highest BCUT2D eigenvalue weighted by molar-refractivity contribution is 5.39. The number of aliphatic hydroxyl groups is 1. The third-order valence-electron chi connectivity index (χ3n) is 3.38. The number of halogens is 2. The largest absolute Gasteiger partial charge is 0.382 e. The Morgan fingerprint density at radius 3 is 2.22 bits per heavy atom. The Morgan fingerprint density at radius 1 is 1.06 bits per heavy atom. The average Bonchev–Trinajstić information content (AvgIpc) is 2.60. The van der Waals surface area contributed by atoms with E-state index in [-0.39, 0.29) is 0 Å². The van der Waals surface area contributed by atoms with E-state index in [9.17, 15) is 13.9 Å². The first-order valence-corrected chi connectivity index (χ1v) is 5.70. The van der Waals surface area contributed by atoms with E-state index in [0.29, 0.717) is 11.3 Å². The monoisotopic (exact) mass is 251 g/mol. The van der Waals surface area contributed by atoms with Gasteiger partial charge in [-0.2, -0.15) is 0 Å². The molecule has 0 saturated heterocycles. The average molecular weight is 251 g/mol. The highest BCUT2D eigenvalue weighted by Crippen LogP contribution is 2.28. The molecule has 0 aliphatic rings. The summed E-state index contributed by atoms with van der Waals surface area (Å²) in [4.78, 5) is 3.08. The highest BCUT2D eigenvalue weighted by Gasteiger charge is 2.18. The molecule has 1 unspecified atom stereocenters. The van der Waals surface area contributed by atoms with Gasteiger partial charge in [0.2, 0.25) is 0 Å². The molecule has 18 heavy (non-hydrogen) atoms. The van der Waals surface area contributed by atoms with Crippen molar-refractivity contribution in [2.45, 2.75) is 26.9 Å². The first-order valence-electron chi connectivity index (χ1n) is 5.70. The van der Waals surface area contributed by atoms with Crippen molar-refractivity contribution in [3.8, 4) is 0 Å². The van der Waals surface area contributed by atoms with Gasteiger partial charge in [0.25, 0.3) is 0 Å². The van der Waals surface area contributed by atoms with Crippen molar-refractivity contribution in [1.82, 2.24) is 4.98 Å². The Hall–Kier alpha value is -1.68. The van der Waals surface area contributed by atoms with Crippen LogP contribution in [0.1, 0.15) is 34.2 Å². The maximum absolute atomic E-state index is 13.1. The van der Waals surface area contributed by atoms with Crippen LogP contribution in [-0.2, 0) is 0 Å². The van der Waals surface area contributed by atoms with E-state index in [4.69, 9.17) is 0 Å². The Balaban J connectivity index is 2.44. The van der Waals surface area contributed by atoms with Crippen LogP contribution in [0.4, 0.5) is 8.78 Å². The number of aliphatic hydroxyl groups excluding tert-OH is 1. The van der Waals surface area contributed by atoms with Gasteiger partial charge in [-0.3, -0.25) is 0 Å². The minimum Gasteiger partial charge on any atom is -0.382 e. The fourth-order valence-electron chi connectivity index (χ4n) is 2.00. The molecule has 0 spiro atoms. The van der Waals surface area contributed by atoms with E-state index < -0.39 is 17.7 Å². The lowest BCUT2D eigenvalue weighted by atomic mass is 10.0. The first-order chi connectivity index (χ1) is 8.41. The van der Waals surface area contributed by atoms with Crippen molar-refractivity contribution in [2.24, 2.45) is 0 Å². The normalized spacial score (nSPS) is 12.8. The van der Waals surface area contributed by atoms with Gasteiger partial charge in [-0.05, 0) is 49.6 Å². The molecule has 1 aromatic carbocycles. The fourth-order valence-corrected chi connectivity index (χ4v) is 2.00. The van der Waals surface area contributed by atoms with Crippen molar-refractivity contribution >= 4 is 0 Å². The maximum atomic E-state index is 13.1. The summed E-state index contributed by atoms with van der Waals surface area (Å²) < 4.78 is 26.0. The van der Waals surface area contributed by atoms with Gasteiger partial charge in [0.1, 0.15) is 6.10 Å². The second kappa shape index (κ2) is 4.53. The Bertz CT molecular complexity index is 590. The maximum Gasteiger partial charge on any atom is 0.159 e. The van der Waals surface area contributed by atoms with Crippen molar-refractivity contribution in [3.05, 3.63) is 57.9 Å². The number of aryl methyl sites for hydroxylation is 1. The third kappa shape index (κ3) is 2.04. The molecule has 0 radical (unpaired) electrons. The summed E-state index contributed by atoms with van der Waals surface area (Å²) in [5.41, 5.74) is 3.91. The first kappa shape index (κ1) is 12.8. The van der Waals surface area contributed by atoms with Gasteiger partial charge >= 0.3 is 0 Å². The van der Waals surface area contributed by atoms with Gasteiger partial charge in [0.15, 0.2) is 11.6 Å². The highest BCUT2D eigenvalue weighted by atomic mass is 19.2. The molecule has 1 heterocycles. The zero-order chi connectivity index (χ0) is 13.4. The van der Waals surface area contributed by atoms with Crippen LogP contribution < -0.4 is 0 Å². The molecule has 0 aliphatic carbocycles. The molecule has 2 rings (SSSR count). The van der Waals surface area contributed by atoms with E-state index in [1.54, 1.807) is 0 Å². The summed E-state index contributed by atoms with van der Waals surface area (Å²) in [6.07, 6.45) is -0.979. The van der Waals surface area contributed by atoms with E-state index >= 15 is 0 Å². The number of aromatic nitrogens is 1. The number of hydrogen-bond acceptors (Lipinski definition) is 1. The fraction of sp³-hybridized carbons (Fsp3) is 0.286. The Morgan fingerprint density at radius 2 is 1.72 bits per heavy atom. The minimum atomic E-state index is -0.979. The summed E-state index contributed by atoms with van der Waals surface area (Å²) in [7, 11) is 0. The molecule has 1 atom stereocenters. The zero-order valence-corrected chi connectivity index (χ0v) is 10.5. The lowest BCUT2D eigenvalue weighted by Crippen LogP contribution is -2.03. The van der Waals surface area contributed by atoms with Gasteiger partial charge in [-0.15, -0.1) is 0 Å². The second-order valence-electron chi connectivity index (χ2n) is 4.49. The summed E-state index contributed by atoms with van der Waals surface area (Å²) in [5.74, 6) is -1.87. The molecule has 2 aromatic rings. The van der Waals surface area contributed by atoms with E-state index in [1.165, 1.54) is 6.07 Å². The van der Waals surface area contributed by atoms with Crippen LogP contribution in [0.2, 0.25) is 0 Å². The van der Waals surface area contributed by atoms with Crippen LogP contribution in [-0.4, -0.2) is 10.1 Å². The number of benzene rings is 1. The molecule has 0 bridgehead atoms. The van der Waals surface area contributed by atoms with Crippen LogP contribution >= 0.6 is 0 Å². The van der Waals surface area contributed by atoms with Gasteiger partial charge in [-0.25, -0.2) is 8.78 Å². The molecule has 4 heteroatoms. The third-order valence-corrected chi connectivity index (χ3v) is 3.38. The van der Waals surface area contributed by atoms with Gasteiger partial charge in [0.05, 0.1) is 5.69 Å². The van der Waals surface area contributed by atoms with Crippen molar-refractivity contribution in [1.29, 1.82) is 0 Å². The lowest BCUT2D eigenvalue weighted by Gasteiger charge is -2.11. The number of aromatic amines is 1. The zero-order valence-electron chi connectivity index (χ0n) is 10.5. The predicted octanol–water partition coefficient (Wildman–Crippen LogP) is 3.30. The summed E-state index contributed by atoms with van der Waals surface area (Å²) >= 11 is 0. The Kier molecular flexibility index (Phi) is 3.22. The van der Waals surface area contributed by atoms with E-state index in [1.807, 2.05) is 20.8 Å².